The van der Waals surface area contributed by atoms with E-state index >= 15 is 0 Å². The number of amides is 1. The average molecular weight is 191 g/mol. The smallest absolute Gasteiger partial charge is 0.251 e. The topological polar surface area (TPSA) is 46.2 Å². The van der Waals surface area contributed by atoms with Crippen molar-refractivity contribution in [1.82, 2.24) is 5.32 Å². The minimum Gasteiger partial charge on any atom is -0.352 e. The summed E-state index contributed by atoms with van der Waals surface area (Å²) in [5.74, 6) is -0.0932. The fourth-order valence-electron chi connectivity index (χ4n) is 1.05. The lowest BCUT2D eigenvalue weighted by molar-refractivity contribution is 0.0953. The molecule has 0 spiro atoms. The summed E-state index contributed by atoms with van der Waals surface area (Å²) in [5.41, 5.74) is 1.17. The molecule has 1 aromatic rings. The van der Waals surface area contributed by atoms with Crippen LogP contribution in [0.25, 0.3) is 0 Å². The predicted molar refractivity (Wildman–Crippen MR) is 54.5 cm³/mol. The summed E-state index contributed by atoms with van der Waals surface area (Å²) < 4.78 is 0. The molecule has 0 aliphatic carbocycles. The molecule has 14 heavy (non-hydrogen) atoms. The van der Waals surface area contributed by atoms with E-state index in [2.05, 4.69) is 5.32 Å². The second-order valence-corrected chi connectivity index (χ2v) is 3.00. The molecular formula is C11H13NO2. The molecule has 1 aromatic carbocycles. The molecular weight excluding hydrogens is 178 g/mol. The van der Waals surface area contributed by atoms with Gasteiger partial charge in [-0.2, -0.15) is 0 Å². The Kier molecular flexibility index (Phi) is 3.85. The highest BCUT2D eigenvalue weighted by molar-refractivity contribution is 5.94. The molecule has 0 fully saturated rings. The first-order chi connectivity index (χ1) is 6.77. The number of nitrogens with one attached hydrogen (secondary N) is 1. The molecule has 1 rings (SSSR count). The van der Waals surface area contributed by atoms with Gasteiger partial charge in [0.2, 0.25) is 0 Å². The highest BCUT2D eigenvalue weighted by Crippen LogP contribution is 2.02. The normalized spacial score (nSPS) is 9.50. The Morgan fingerprint density at radius 2 is 2.00 bits per heavy atom. The van der Waals surface area contributed by atoms with Crippen LogP contribution >= 0.6 is 0 Å². The first kappa shape index (κ1) is 10.4. The van der Waals surface area contributed by atoms with Crippen molar-refractivity contribution in [2.75, 3.05) is 6.54 Å². The third kappa shape index (κ3) is 2.69. The molecule has 0 heterocycles. The molecule has 3 nitrogen and oxygen atoms in total. The standard InChI is InChI=1S/C11H13NO2/c1-2-7-12-11(14)10-5-3-9(8-13)4-6-10/h3-6,8H,2,7H2,1H3,(H,12,14). The minimum absolute atomic E-state index is 0.0932. The van der Waals surface area contributed by atoms with Gasteiger partial charge in [0.25, 0.3) is 5.91 Å². The maximum atomic E-state index is 11.4. The van der Waals surface area contributed by atoms with Crippen LogP contribution in [-0.2, 0) is 0 Å². The first-order valence-electron chi connectivity index (χ1n) is 4.61. The number of hydrogen-bond acceptors (Lipinski definition) is 2. The van der Waals surface area contributed by atoms with Crippen LogP contribution in [0.1, 0.15) is 34.1 Å². The predicted octanol–water partition coefficient (Wildman–Crippen LogP) is 1.64. The molecule has 0 radical (unpaired) electrons. The van der Waals surface area contributed by atoms with Crippen LogP contribution in [0.3, 0.4) is 0 Å². The second kappa shape index (κ2) is 5.17. The van der Waals surface area contributed by atoms with E-state index in [1.54, 1.807) is 24.3 Å². The lowest BCUT2D eigenvalue weighted by Gasteiger charge is -2.02. The van der Waals surface area contributed by atoms with Crippen LogP contribution < -0.4 is 5.32 Å². The van der Waals surface area contributed by atoms with Gasteiger partial charge in [0.1, 0.15) is 6.29 Å². The molecule has 0 aliphatic heterocycles. The van der Waals surface area contributed by atoms with Gasteiger partial charge in [0, 0.05) is 17.7 Å². The van der Waals surface area contributed by atoms with E-state index in [9.17, 15) is 9.59 Å². The Balaban J connectivity index is 2.66. The van der Waals surface area contributed by atoms with E-state index in [1.807, 2.05) is 6.92 Å². The zero-order valence-electron chi connectivity index (χ0n) is 8.12. The average Bonchev–Trinajstić information content (AvgIpc) is 2.26. The molecule has 0 bridgehead atoms. The number of carbonyl (C=O) groups is 2. The number of carbonyl (C=O) groups excluding carboxylic acids is 2. The van der Waals surface area contributed by atoms with Crippen molar-refractivity contribution in [3.05, 3.63) is 35.4 Å². The molecule has 3 heteroatoms. The lowest BCUT2D eigenvalue weighted by Crippen LogP contribution is -2.23. The molecule has 0 aliphatic rings. The molecule has 0 atom stereocenters. The number of aldehydes is 1. The van der Waals surface area contributed by atoms with Crippen LogP contribution in [0.15, 0.2) is 24.3 Å². The summed E-state index contributed by atoms with van der Waals surface area (Å²) in [4.78, 5) is 21.8. The fraction of sp³-hybridized carbons (Fsp3) is 0.273. The van der Waals surface area contributed by atoms with Crippen molar-refractivity contribution in [3.8, 4) is 0 Å². The largest absolute Gasteiger partial charge is 0.352 e. The van der Waals surface area contributed by atoms with E-state index in [1.165, 1.54) is 0 Å². The van der Waals surface area contributed by atoms with Crippen molar-refractivity contribution in [2.45, 2.75) is 13.3 Å². The van der Waals surface area contributed by atoms with Gasteiger partial charge in [-0.3, -0.25) is 9.59 Å². The second-order valence-electron chi connectivity index (χ2n) is 3.00. The number of rotatable bonds is 4. The van der Waals surface area contributed by atoms with Crippen molar-refractivity contribution in [1.29, 1.82) is 0 Å². The van der Waals surface area contributed by atoms with Crippen LogP contribution in [0, 0.1) is 0 Å². The molecule has 74 valence electrons. The first-order valence-corrected chi connectivity index (χ1v) is 4.61. The summed E-state index contributed by atoms with van der Waals surface area (Å²) in [6.45, 7) is 2.67. The van der Waals surface area contributed by atoms with Gasteiger partial charge in [-0.15, -0.1) is 0 Å². The summed E-state index contributed by atoms with van der Waals surface area (Å²) in [7, 11) is 0. The quantitative estimate of drug-likeness (QED) is 0.735. The van der Waals surface area contributed by atoms with Gasteiger partial charge in [0.15, 0.2) is 0 Å². The summed E-state index contributed by atoms with van der Waals surface area (Å²) in [6.07, 6.45) is 1.67. The minimum atomic E-state index is -0.0932. The van der Waals surface area contributed by atoms with Gasteiger partial charge in [-0.25, -0.2) is 0 Å². The third-order valence-corrected chi connectivity index (χ3v) is 1.84. The van der Waals surface area contributed by atoms with Crippen molar-refractivity contribution in [2.24, 2.45) is 0 Å². The summed E-state index contributed by atoms with van der Waals surface area (Å²) in [6, 6.07) is 6.56. The Morgan fingerprint density at radius 1 is 1.36 bits per heavy atom. The zero-order valence-corrected chi connectivity index (χ0v) is 8.12. The fourth-order valence-corrected chi connectivity index (χ4v) is 1.05. The highest BCUT2D eigenvalue weighted by atomic mass is 16.1. The molecule has 0 aromatic heterocycles. The zero-order chi connectivity index (χ0) is 10.4. The van der Waals surface area contributed by atoms with Gasteiger partial charge >= 0.3 is 0 Å². The maximum Gasteiger partial charge on any atom is 0.251 e. The SMILES string of the molecule is CCCNC(=O)c1ccc(C=O)cc1. The van der Waals surface area contributed by atoms with E-state index in [4.69, 9.17) is 0 Å². The molecule has 0 saturated carbocycles. The molecule has 1 N–H and O–H groups in total. The summed E-state index contributed by atoms with van der Waals surface area (Å²) >= 11 is 0. The highest BCUT2D eigenvalue weighted by Gasteiger charge is 2.02. The van der Waals surface area contributed by atoms with Crippen molar-refractivity contribution < 1.29 is 9.59 Å². The summed E-state index contributed by atoms with van der Waals surface area (Å²) in [5, 5.41) is 2.76. The lowest BCUT2D eigenvalue weighted by atomic mass is 10.1. The van der Waals surface area contributed by atoms with Gasteiger partial charge in [-0.1, -0.05) is 19.1 Å². The van der Waals surface area contributed by atoms with E-state index in [0.717, 1.165) is 12.7 Å². The third-order valence-electron chi connectivity index (χ3n) is 1.84. The van der Waals surface area contributed by atoms with E-state index in [-0.39, 0.29) is 5.91 Å². The number of hydrogen-bond donors (Lipinski definition) is 1. The molecule has 0 unspecified atom stereocenters. The Bertz CT molecular complexity index is 317. The molecule has 1 amide bonds. The number of benzene rings is 1. The Morgan fingerprint density at radius 3 is 2.50 bits per heavy atom. The molecule has 0 saturated heterocycles. The Hall–Kier alpha value is -1.64. The van der Waals surface area contributed by atoms with Crippen LogP contribution in [0.4, 0.5) is 0 Å². The van der Waals surface area contributed by atoms with Crippen molar-refractivity contribution in [3.63, 3.8) is 0 Å². The van der Waals surface area contributed by atoms with Crippen LogP contribution in [-0.4, -0.2) is 18.7 Å². The van der Waals surface area contributed by atoms with Gasteiger partial charge in [-0.05, 0) is 18.6 Å². The van der Waals surface area contributed by atoms with Crippen LogP contribution in [0.5, 0.6) is 0 Å². The van der Waals surface area contributed by atoms with Gasteiger partial charge < -0.3 is 5.32 Å². The van der Waals surface area contributed by atoms with Gasteiger partial charge in [0.05, 0.1) is 0 Å². The van der Waals surface area contributed by atoms with E-state index < -0.39 is 0 Å². The van der Waals surface area contributed by atoms with Crippen molar-refractivity contribution >= 4 is 12.2 Å². The Labute approximate surface area is 83.1 Å². The maximum absolute atomic E-state index is 11.4. The van der Waals surface area contributed by atoms with Crippen LogP contribution in [0.2, 0.25) is 0 Å². The van der Waals surface area contributed by atoms with E-state index in [0.29, 0.717) is 17.7 Å². The monoisotopic (exact) mass is 191 g/mol.